The van der Waals surface area contributed by atoms with Crippen LogP contribution >= 0.6 is 0 Å². The number of para-hydroxylation sites is 1. The van der Waals surface area contributed by atoms with E-state index in [-0.39, 0.29) is 6.10 Å². The Labute approximate surface area is 133 Å². The highest BCUT2D eigenvalue weighted by molar-refractivity contribution is 5.52. The Morgan fingerprint density at radius 1 is 1.23 bits per heavy atom. The molecule has 4 nitrogen and oxygen atoms in total. The number of hydrogen-bond donors (Lipinski definition) is 2. The Hall–Kier alpha value is -1.10. The van der Waals surface area contributed by atoms with Crippen LogP contribution in [-0.4, -0.2) is 49.0 Å². The van der Waals surface area contributed by atoms with Crippen LogP contribution < -0.4 is 5.32 Å². The van der Waals surface area contributed by atoms with Crippen molar-refractivity contribution in [3.05, 3.63) is 29.8 Å². The Balaban J connectivity index is 1.64. The molecule has 1 aromatic rings. The number of benzene rings is 1. The van der Waals surface area contributed by atoms with Gasteiger partial charge in [0.05, 0.1) is 18.8 Å². The van der Waals surface area contributed by atoms with Crippen LogP contribution in [0.1, 0.15) is 31.2 Å². The zero-order valence-electron chi connectivity index (χ0n) is 13.5. The molecule has 1 saturated heterocycles. The fourth-order valence-electron chi connectivity index (χ4n) is 3.29. The van der Waals surface area contributed by atoms with Gasteiger partial charge in [-0.2, -0.15) is 0 Å². The van der Waals surface area contributed by atoms with Gasteiger partial charge in [0.25, 0.3) is 0 Å². The first-order valence-electron chi connectivity index (χ1n) is 8.50. The summed E-state index contributed by atoms with van der Waals surface area (Å²) >= 11 is 0. The van der Waals surface area contributed by atoms with Crippen LogP contribution in [0.5, 0.6) is 0 Å². The highest BCUT2D eigenvalue weighted by Gasteiger charge is 2.31. The average molecular weight is 304 g/mol. The molecule has 2 N–H and O–H groups in total. The summed E-state index contributed by atoms with van der Waals surface area (Å²) in [5, 5.41) is 13.3. The molecule has 1 aliphatic carbocycles. The summed E-state index contributed by atoms with van der Waals surface area (Å²) < 4.78 is 5.38. The average Bonchev–Trinajstić information content (AvgIpc) is 3.36. The molecule has 2 aliphatic rings. The van der Waals surface area contributed by atoms with E-state index >= 15 is 0 Å². The third-order valence-electron chi connectivity index (χ3n) is 4.85. The molecule has 3 rings (SSSR count). The maximum atomic E-state index is 9.64. The Morgan fingerprint density at radius 3 is 2.64 bits per heavy atom. The van der Waals surface area contributed by atoms with Gasteiger partial charge in [-0.3, -0.25) is 4.90 Å². The molecule has 2 fully saturated rings. The van der Waals surface area contributed by atoms with Crippen LogP contribution in [0.3, 0.4) is 0 Å². The van der Waals surface area contributed by atoms with Crippen LogP contribution in [-0.2, 0) is 11.3 Å². The Morgan fingerprint density at radius 2 is 1.95 bits per heavy atom. The fourth-order valence-corrected chi connectivity index (χ4v) is 3.29. The number of aliphatic hydroxyl groups excluding tert-OH is 1. The summed E-state index contributed by atoms with van der Waals surface area (Å²) in [4.78, 5) is 2.44. The van der Waals surface area contributed by atoms with E-state index in [0.29, 0.717) is 6.04 Å². The molecule has 1 heterocycles. The number of piperidine rings is 1. The van der Waals surface area contributed by atoms with Gasteiger partial charge < -0.3 is 15.2 Å². The lowest BCUT2D eigenvalue weighted by Gasteiger charge is -2.30. The maximum Gasteiger partial charge on any atom is 0.0666 e. The number of likely N-dealkylation sites (tertiary alicyclic amines) is 1. The van der Waals surface area contributed by atoms with Crippen molar-refractivity contribution in [1.82, 2.24) is 4.90 Å². The van der Waals surface area contributed by atoms with Crippen LogP contribution in [0.25, 0.3) is 0 Å². The van der Waals surface area contributed by atoms with Crippen molar-refractivity contribution >= 4 is 5.69 Å². The van der Waals surface area contributed by atoms with Gasteiger partial charge in [-0.05, 0) is 43.2 Å². The molecule has 4 heteroatoms. The standard InChI is InChI=1S/C18H28N2O2/c1-22-13-18(14-6-7-14)19-17-5-3-2-4-15(17)12-20-10-8-16(21)9-11-20/h2-5,14,16,18-19,21H,6-13H2,1H3. The number of ether oxygens (including phenoxy) is 1. The number of hydrogen-bond acceptors (Lipinski definition) is 4. The number of aliphatic hydroxyl groups is 1. The maximum absolute atomic E-state index is 9.64. The Kier molecular flexibility index (Phi) is 5.34. The molecule has 1 aliphatic heterocycles. The summed E-state index contributed by atoms with van der Waals surface area (Å²) in [5.74, 6) is 0.762. The van der Waals surface area contributed by atoms with E-state index in [4.69, 9.17) is 4.74 Å². The lowest BCUT2D eigenvalue weighted by Crippen LogP contribution is -2.35. The minimum Gasteiger partial charge on any atom is -0.393 e. The van der Waals surface area contributed by atoms with E-state index in [2.05, 4.69) is 34.5 Å². The van der Waals surface area contributed by atoms with Crippen molar-refractivity contribution in [3.63, 3.8) is 0 Å². The van der Waals surface area contributed by atoms with Crippen molar-refractivity contribution in [1.29, 1.82) is 0 Å². The van der Waals surface area contributed by atoms with Gasteiger partial charge in [0.1, 0.15) is 0 Å². The van der Waals surface area contributed by atoms with Crippen molar-refractivity contribution in [2.24, 2.45) is 5.92 Å². The number of nitrogens with one attached hydrogen (secondary N) is 1. The lowest BCUT2D eigenvalue weighted by atomic mass is 10.1. The van der Waals surface area contributed by atoms with E-state index in [1.54, 1.807) is 7.11 Å². The molecule has 0 bridgehead atoms. The molecule has 22 heavy (non-hydrogen) atoms. The zero-order chi connectivity index (χ0) is 15.4. The molecule has 1 aromatic carbocycles. The summed E-state index contributed by atoms with van der Waals surface area (Å²) in [6, 6.07) is 9.03. The summed E-state index contributed by atoms with van der Waals surface area (Å²) in [6.07, 6.45) is 4.31. The lowest BCUT2D eigenvalue weighted by molar-refractivity contribution is 0.0793. The molecule has 1 atom stereocenters. The van der Waals surface area contributed by atoms with E-state index in [0.717, 1.165) is 45.0 Å². The third kappa shape index (κ3) is 4.22. The number of rotatable bonds is 7. The summed E-state index contributed by atoms with van der Waals surface area (Å²) in [7, 11) is 1.78. The largest absolute Gasteiger partial charge is 0.393 e. The van der Waals surface area contributed by atoms with Gasteiger partial charge in [-0.15, -0.1) is 0 Å². The van der Waals surface area contributed by atoms with E-state index in [1.165, 1.54) is 24.1 Å². The SMILES string of the molecule is COCC(Nc1ccccc1CN1CCC(O)CC1)C1CC1. The number of nitrogens with zero attached hydrogens (tertiary/aromatic N) is 1. The third-order valence-corrected chi connectivity index (χ3v) is 4.85. The molecule has 0 amide bonds. The van der Waals surface area contributed by atoms with Gasteiger partial charge in [0.2, 0.25) is 0 Å². The summed E-state index contributed by atoms with van der Waals surface area (Å²) in [5.41, 5.74) is 2.59. The van der Waals surface area contributed by atoms with Gasteiger partial charge in [-0.25, -0.2) is 0 Å². The van der Waals surface area contributed by atoms with Crippen molar-refractivity contribution in [3.8, 4) is 0 Å². The first kappa shape index (κ1) is 15.8. The van der Waals surface area contributed by atoms with E-state index in [1.807, 2.05) is 0 Å². The van der Waals surface area contributed by atoms with Crippen LogP contribution in [0, 0.1) is 5.92 Å². The fraction of sp³-hybridized carbons (Fsp3) is 0.667. The molecular formula is C18H28N2O2. The second-order valence-corrected chi connectivity index (χ2v) is 6.71. The van der Waals surface area contributed by atoms with Gasteiger partial charge in [-0.1, -0.05) is 18.2 Å². The minimum atomic E-state index is -0.106. The molecule has 122 valence electrons. The van der Waals surface area contributed by atoms with Crippen LogP contribution in [0.4, 0.5) is 5.69 Å². The predicted octanol–water partition coefficient (Wildman–Crippen LogP) is 2.48. The second-order valence-electron chi connectivity index (χ2n) is 6.71. The molecule has 0 spiro atoms. The van der Waals surface area contributed by atoms with Gasteiger partial charge >= 0.3 is 0 Å². The molecular weight excluding hydrogens is 276 g/mol. The quantitative estimate of drug-likeness (QED) is 0.812. The van der Waals surface area contributed by atoms with Crippen LogP contribution in [0.15, 0.2) is 24.3 Å². The van der Waals surface area contributed by atoms with E-state index in [9.17, 15) is 5.11 Å². The highest BCUT2D eigenvalue weighted by Crippen LogP contribution is 2.35. The van der Waals surface area contributed by atoms with E-state index < -0.39 is 0 Å². The zero-order valence-corrected chi connectivity index (χ0v) is 13.5. The molecule has 0 radical (unpaired) electrons. The Bertz CT molecular complexity index is 468. The molecule has 1 unspecified atom stereocenters. The monoisotopic (exact) mass is 304 g/mol. The predicted molar refractivity (Wildman–Crippen MR) is 89.0 cm³/mol. The first-order chi connectivity index (χ1) is 10.8. The smallest absolute Gasteiger partial charge is 0.0666 e. The topological polar surface area (TPSA) is 44.7 Å². The first-order valence-corrected chi connectivity index (χ1v) is 8.50. The minimum absolute atomic E-state index is 0.106. The number of methoxy groups -OCH3 is 1. The van der Waals surface area contributed by atoms with Gasteiger partial charge in [0, 0.05) is 32.4 Å². The summed E-state index contributed by atoms with van der Waals surface area (Å²) in [6.45, 7) is 3.70. The normalized spacial score (nSPS) is 21.7. The van der Waals surface area contributed by atoms with Crippen LogP contribution in [0.2, 0.25) is 0 Å². The molecule has 0 aromatic heterocycles. The number of anilines is 1. The van der Waals surface area contributed by atoms with Crippen molar-refractivity contribution in [2.45, 2.75) is 44.4 Å². The van der Waals surface area contributed by atoms with Gasteiger partial charge in [0.15, 0.2) is 0 Å². The highest BCUT2D eigenvalue weighted by atomic mass is 16.5. The van der Waals surface area contributed by atoms with Crippen molar-refractivity contribution < 1.29 is 9.84 Å². The molecule has 1 saturated carbocycles. The van der Waals surface area contributed by atoms with Crippen molar-refractivity contribution in [2.75, 3.05) is 32.1 Å². The second kappa shape index (κ2) is 7.44.